The standard InChI is InChI=1S/C15H10F6N4O/c1-8(14(16,17)18)26-10-4-2-9(3-5-10)11-7-25-12(6-22-11)23-24-13(25)15(19,20)21/h2-8H,1H3. The van der Waals surface area contributed by atoms with Crippen LogP contribution in [0.2, 0.25) is 0 Å². The van der Waals surface area contributed by atoms with E-state index in [-0.39, 0.29) is 17.1 Å². The van der Waals surface area contributed by atoms with Crippen LogP contribution in [0.25, 0.3) is 16.9 Å². The van der Waals surface area contributed by atoms with E-state index in [1.807, 2.05) is 0 Å². The summed E-state index contributed by atoms with van der Waals surface area (Å²) in [5, 5.41) is 6.49. The topological polar surface area (TPSA) is 52.3 Å². The highest BCUT2D eigenvalue weighted by molar-refractivity contribution is 5.60. The Morgan fingerprint density at radius 1 is 1.00 bits per heavy atom. The third-order valence-corrected chi connectivity index (χ3v) is 3.47. The molecule has 2 heterocycles. The number of benzene rings is 1. The summed E-state index contributed by atoms with van der Waals surface area (Å²) >= 11 is 0. The maximum Gasteiger partial charge on any atom is 0.452 e. The Bertz CT molecular complexity index is 917. The van der Waals surface area contributed by atoms with Crippen molar-refractivity contribution in [3.05, 3.63) is 42.5 Å². The van der Waals surface area contributed by atoms with Gasteiger partial charge in [-0.15, -0.1) is 10.2 Å². The van der Waals surface area contributed by atoms with Crippen molar-refractivity contribution in [1.29, 1.82) is 0 Å². The lowest BCUT2D eigenvalue weighted by Crippen LogP contribution is -2.31. The molecular formula is C15H10F6N4O. The van der Waals surface area contributed by atoms with Crippen LogP contribution in [0, 0.1) is 0 Å². The second kappa shape index (κ2) is 6.15. The van der Waals surface area contributed by atoms with E-state index in [0.717, 1.165) is 23.7 Å². The van der Waals surface area contributed by atoms with E-state index in [9.17, 15) is 26.3 Å². The number of hydrogen-bond donors (Lipinski definition) is 0. The monoisotopic (exact) mass is 376 g/mol. The van der Waals surface area contributed by atoms with Gasteiger partial charge in [-0.25, -0.2) is 0 Å². The van der Waals surface area contributed by atoms with Gasteiger partial charge in [0.25, 0.3) is 0 Å². The van der Waals surface area contributed by atoms with Gasteiger partial charge in [0.1, 0.15) is 5.75 Å². The Hall–Kier alpha value is -2.85. The summed E-state index contributed by atoms with van der Waals surface area (Å²) in [6.45, 7) is 0.869. The van der Waals surface area contributed by atoms with Crippen molar-refractivity contribution in [1.82, 2.24) is 19.6 Å². The molecule has 0 N–H and O–H groups in total. The highest BCUT2D eigenvalue weighted by Gasteiger charge is 2.38. The number of ether oxygens (including phenoxy) is 1. The molecule has 0 spiro atoms. The van der Waals surface area contributed by atoms with Crippen LogP contribution >= 0.6 is 0 Å². The maximum atomic E-state index is 12.9. The summed E-state index contributed by atoms with van der Waals surface area (Å²) in [5.41, 5.74) is 0.471. The van der Waals surface area contributed by atoms with Crippen LogP contribution in [0.1, 0.15) is 12.7 Å². The number of rotatable bonds is 3. The number of alkyl halides is 6. The molecule has 1 unspecified atom stereocenters. The molecule has 0 aliphatic heterocycles. The van der Waals surface area contributed by atoms with Gasteiger partial charge in [-0.2, -0.15) is 26.3 Å². The minimum absolute atomic E-state index is 0.0278. The third kappa shape index (κ3) is 3.55. The summed E-state index contributed by atoms with van der Waals surface area (Å²) in [4.78, 5) is 3.99. The van der Waals surface area contributed by atoms with Crippen LogP contribution in [0.15, 0.2) is 36.7 Å². The molecule has 0 aliphatic carbocycles. The Labute approximate surface area is 142 Å². The normalized spacial score (nSPS) is 13.8. The highest BCUT2D eigenvalue weighted by Crippen LogP contribution is 2.30. The zero-order valence-corrected chi connectivity index (χ0v) is 13.0. The molecule has 0 saturated carbocycles. The lowest BCUT2D eigenvalue weighted by Gasteiger charge is -2.17. The average Bonchev–Trinajstić information content (AvgIpc) is 2.98. The van der Waals surface area contributed by atoms with E-state index < -0.39 is 24.3 Å². The number of fused-ring (bicyclic) bond motifs is 1. The van der Waals surface area contributed by atoms with Gasteiger partial charge in [0.2, 0.25) is 5.82 Å². The van der Waals surface area contributed by atoms with Gasteiger partial charge in [0, 0.05) is 11.8 Å². The predicted molar refractivity (Wildman–Crippen MR) is 77.4 cm³/mol. The van der Waals surface area contributed by atoms with Crippen LogP contribution in [0.5, 0.6) is 5.75 Å². The molecule has 0 radical (unpaired) electrons. The van der Waals surface area contributed by atoms with E-state index in [4.69, 9.17) is 4.74 Å². The van der Waals surface area contributed by atoms with Crippen molar-refractivity contribution in [2.45, 2.75) is 25.4 Å². The summed E-state index contributed by atoms with van der Waals surface area (Å²) in [6.07, 6.45) is -8.97. The fraction of sp³-hybridized carbons (Fsp3) is 0.267. The molecule has 0 saturated heterocycles. The van der Waals surface area contributed by atoms with Crippen LogP contribution in [-0.4, -0.2) is 31.9 Å². The molecule has 138 valence electrons. The van der Waals surface area contributed by atoms with Crippen LogP contribution < -0.4 is 4.74 Å². The van der Waals surface area contributed by atoms with Gasteiger partial charge in [-0.1, -0.05) is 0 Å². The molecule has 1 aromatic carbocycles. The number of hydrogen-bond acceptors (Lipinski definition) is 4. The van der Waals surface area contributed by atoms with Crippen LogP contribution in [0.3, 0.4) is 0 Å². The first-order valence-corrected chi connectivity index (χ1v) is 7.17. The van der Waals surface area contributed by atoms with Crippen molar-refractivity contribution < 1.29 is 31.1 Å². The minimum atomic E-state index is -4.69. The van der Waals surface area contributed by atoms with E-state index in [0.29, 0.717) is 5.56 Å². The van der Waals surface area contributed by atoms with E-state index in [1.165, 1.54) is 24.3 Å². The molecule has 3 rings (SSSR count). The van der Waals surface area contributed by atoms with Crippen molar-refractivity contribution in [3.63, 3.8) is 0 Å². The zero-order valence-electron chi connectivity index (χ0n) is 13.0. The van der Waals surface area contributed by atoms with Gasteiger partial charge >= 0.3 is 12.4 Å². The van der Waals surface area contributed by atoms with Crippen LogP contribution in [-0.2, 0) is 6.18 Å². The second-order valence-corrected chi connectivity index (χ2v) is 5.35. The van der Waals surface area contributed by atoms with Gasteiger partial charge in [0.15, 0.2) is 11.8 Å². The Kier molecular flexibility index (Phi) is 4.24. The Morgan fingerprint density at radius 2 is 1.65 bits per heavy atom. The van der Waals surface area contributed by atoms with E-state index >= 15 is 0 Å². The maximum absolute atomic E-state index is 12.9. The smallest absolute Gasteiger partial charge is 0.452 e. The molecule has 0 bridgehead atoms. The first-order valence-electron chi connectivity index (χ1n) is 7.17. The number of nitrogens with zero attached hydrogens (tertiary/aromatic N) is 4. The summed E-state index contributed by atoms with van der Waals surface area (Å²) in [6, 6.07) is 5.34. The second-order valence-electron chi connectivity index (χ2n) is 5.35. The molecule has 5 nitrogen and oxygen atoms in total. The molecular weight excluding hydrogens is 366 g/mol. The summed E-state index contributed by atoms with van der Waals surface area (Å²) < 4.78 is 81.7. The van der Waals surface area contributed by atoms with Gasteiger partial charge in [0.05, 0.1) is 11.9 Å². The predicted octanol–water partition coefficient (Wildman–Crippen LogP) is 4.14. The highest BCUT2D eigenvalue weighted by atomic mass is 19.4. The van der Waals surface area contributed by atoms with Crippen molar-refractivity contribution >= 4 is 5.65 Å². The lowest BCUT2D eigenvalue weighted by atomic mass is 10.1. The SMILES string of the molecule is CC(Oc1ccc(-c2cn3c(C(F)(F)F)nnc3cn2)cc1)C(F)(F)F. The minimum Gasteiger partial charge on any atom is -0.481 e. The fourth-order valence-electron chi connectivity index (χ4n) is 2.12. The van der Waals surface area contributed by atoms with Gasteiger partial charge < -0.3 is 4.74 Å². The Morgan fingerprint density at radius 3 is 2.23 bits per heavy atom. The van der Waals surface area contributed by atoms with E-state index in [1.54, 1.807) is 0 Å². The van der Waals surface area contributed by atoms with E-state index in [2.05, 4.69) is 15.2 Å². The average molecular weight is 376 g/mol. The van der Waals surface area contributed by atoms with Gasteiger partial charge in [-0.3, -0.25) is 9.38 Å². The first-order chi connectivity index (χ1) is 12.1. The third-order valence-electron chi connectivity index (χ3n) is 3.47. The van der Waals surface area contributed by atoms with Crippen LogP contribution in [0.4, 0.5) is 26.3 Å². The fourth-order valence-corrected chi connectivity index (χ4v) is 2.12. The largest absolute Gasteiger partial charge is 0.481 e. The molecule has 0 fully saturated rings. The lowest BCUT2D eigenvalue weighted by molar-refractivity contribution is -0.189. The zero-order chi connectivity index (χ0) is 19.1. The molecule has 3 aromatic rings. The summed E-state index contributed by atoms with van der Waals surface area (Å²) in [5.74, 6) is -1.23. The molecule has 2 aromatic heterocycles. The molecule has 1 atom stereocenters. The molecule has 0 amide bonds. The van der Waals surface area contributed by atoms with Crippen molar-refractivity contribution in [2.24, 2.45) is 0 Å². The molecule has 26 heavy (non-hydrogen) atoms. The van der Waals surface area contributed by atoms with Crippen molar-refractivity contribution in [3.8, 4) is 17.0 Å². The first kappa shape index (κ1) is 18.0. The Balaban J connectivity index is 1.90. The molecule has 0 aliphatic rings. The molecule has 11 heteroatoms. The van der Waals surface area contributed by atoms with Gasteiger partial charge in [-0.05, 0) is 31.2 Å². The van der Waals surface area contributed by atoms with Crippen molar-refractivity contribution in [2.75, 3.05) is 0 Å². The quantitative estimate of drug-likeness (QED) is 0.645. The summed E-state index contributed by atoms with van der Waals surface area (Å²) in [7, 11) is 0. The number of aromatic nitrogens is 4. The number of halogens is 6.